The molecule has 2 aromatic carbocycles. The number of amides is 1. The molecular weight excluding hydrogens is 306 g/mol. The van der Waals surface area contributed by atoms with Crippen LogP contribution in [0.4, 0.5) is 0 Å². The first-order valence-corrected chi connectivity index (χ1v) is 7.99. The average Bonchev–Trinajstić information content (AvgIpc) is 2.53. The zero-order chi connectivity index (χ0) is 15.2. The summed E-state index contributed by atoms with van der Waals surface area (Å²) in [4.78, 5) is 13.3. The zero-order valence-corrected chi connectivity index (χ0v) is 13.4. The summed E-state index contributed by atoms with van der Waals surface area (Å²) in [5.74, 6) is 0.387. The number of thioether (sulfide) groups is 1. The molecule has 0 aromatic heterocycles. The Morgan fingerprint density at radius 2 is 2.05 bits per heavy atom. The van der Waals surface area contributed by atoms with Crippen LogP contribution in [-0.2, 0) is 6.54 Å². The highest BCUT2D eigenvalue weighted by Gasteiger charge is 2.13. The second-order valence-electron chi connectivity index (χ2n) is 4.34. The number of nitrogens with one attached hydrogen (secondary N) is 1. The van der Waals surface area contributed by atoms with E-state index in [1.165, 1.54) is 0 Å². The molecule has 0 saturated heterocycles. The first kappa shape index (κ1) is 15.7. The summed E-state index contributed by atoms with van der Waals surface area (Å²) in [5, 5.41) is 3.50. The average molecular weight is 322 g/mol. The van der Waals surface area contributed by atoms with Crippen molar-refractivity contribution >= 4 is 29.3 Å². The van der Waals surface area contributed by atoms with Crippen molar-refractivity contribution in [2.24, 2.45) is 0 Å². The van der Waals surface area contributed by atoms with Gasteiger partial charge in [0, 0.05) is 16.5 Å². The van der Waals surface area contributed by atoms with Crippen molar-refractivity contribution in [1.82, 2.24) is 5.32 Å². The Hall–Kier alpha value is -1.65. The van der Waals surface area contributed by atoms with Crippen molar-refractivity contribution in [3.8, 4) is 5.75 Å². The lowest BCUT2D eigenvalue weighted by molar-refractivity contribution is 0.0948. The number of hydrogen-bond acceptors (Lipinski definition) is 3. The number of benzene rings is 2. The van der Waals surface area contributed by atoms with E-state index in [9.17, 15) is 4.79 Å². The van der Waals surface area contributed by atoms with E-state index in [2.05, 4.69) is 5.32 Å². The van der Waals surface area contributed by atoms with E-state index in [0.717, 1.165) is 10.5 Å². The fourth-order valence-corrected chi connectivity index (χ4v) is 2.53. The first-order chi connectivity index (χ1) is 10.2. The lowest BCUT2D eigenvalue weighted by atomic mass is 10.1. The zero-order valence-electron chi connectivity index (χ0n) is 11.9. The fourth-order valence-electron chi connectivity index (χ4n) is 1.90. The topological polar surface area (TPSA) is 38.3 Å². The molecule has 0 aliphatic rings. The van der Waals surface area contributed by atoms with E-state index in [0.29, 0.717) is 22.9 Å². The number of ether oxygens (including phenoxy) is 1. The van der Waals surface area contributed by atoms with Gasteiger partial charge in [0.15, 0.2) is 0 Å². The number of halogens is 1. The number of carbonyl (C=O) groups is 1. The van der Waals surface area contributed by atoms with Crippen LogP contribution in [0.2, 0.25) is 5.02 Å². The summed E-state index contributed by atoms with van der Waals surface area (Å²) in [6.45, 7) is 0.381. The number of methoxy groups -OCH3 is 1. The Morgan fingerprint density at radius 3 is 2.71 bits per heavy atom. The molecule has 1 amide bonds. The highest BCUT2D eigenvalue weighted by molar-refractivity contribution is 7.98. The molecule has 0 atom stereocenters. The van der Waals surface area contributed by atoms with E-state index in [-0.39, 0.29) is 5.91 Å². The molecule has 0 aliphatic carbocycles. The van der Waals surface area contributed by atoms with Crippen molar-refractivity contribution in [3.63, 3.8) is 0 Å². The van der Waals surface area contributed by atoms with Crippen molar-refractivity contribution < 1.29 is 9.53 Å². The van der Waals surface area contributed by atoms with Crippen molar-refractivity contribution in [2.45, 2.75) is 11.4 Å². The second-order valence-corrected chi connectivity index (χ2v) is 5.63. The van der Waals surface area contributed by atoms with Crippen LogP contribution in [0.1, 0.15) is 15.9 Å². The minimum Gasteiger partial charge on any atom is -0.496 e. The predicted molar refractivity (Wildman–Crippen MR) is 87.4 cm³/mol. The Kier molecular flexibility index (Phi) is 5.53. The minimum absolute atomic E-state index is 0.181. The summed E-state index contributed by atoms with van der Waals surface area (Å²) < 4.78 is 5.28. The van der Waals surface area contributed by atoms with Crippen molar-refractivity contribution in [1.29, 1.82) is 0 Å². The van der Waals surface area contributed by atoms with Gasteiger partial charge in [-0.15, -0.1) is 11.8 Å². The van der Waals surface area contributed by atoms with Crippen LogP contribution < -0.4 is 10.1 Å². The highest BCUT2D eigenvalue weighted by atomic mass is 35.5. The van der Waals surface area contributed by atoms with Gasteiger partial charge in [0.25, 0.3) is 5.91 Å². The first-order valence-electron chi connectivity index (χ1n) is 6.39. The van der Waals surface area contributed by atoms with Gasteiger partial charge in [0.05, 0.1) is 12.7 Å². The van der Waals surface area contributed by atoms with Gasteiger partial charge < -0.3 is 10.1 Å². The van der Waals surface area contributed by atoms with Gasteiger partial charge >= 0.3 is 0 Å². The molecule has 0 spiro atoms. The number of rotatable bonds is 5. The van der Waals surface area contributed by atoms with E-state index in [1.807, 2.05) is 36.6 Å². The summed E-state index contributed by atoms with van der Waals surface area (Å²) in [7, 11) is 1.56. The van der Waals surface area contributed by atoms with Gasteiger partial charge in [-0.1, -0.05) is 29.8 Å². The van der Waals surface area contributed by atoms with Crippen molar-refractivity contribution in [3.05, 3.63) is 58.6 Å². The van der Waals surface area contributed by atoms with Gasteiger partial charge in [-0.25, -0.2) is 0 Å². The van der Waals surface area contributed by atoms with E-state index < -0.39 is 0 Å². The maximum absolute atomic E-state index is 12.3. The Morgan fingerprint density at radius 1 is 1.29 bits per heavy atom. The Labute approximate surface area is 133 Å². The summed E-state index contributed by atoms with van der Waals surface area (Å²) in [6, 6.07) is 13.0. The molecule has 3 nitrogen and oxygen atoms in total. The third-order valence-electron chi connectivity index (χ3n) is 3.05. The molecule has 0 heterocycles. The molecule has 0 bridgehead atoms. The van der Waals surface area contributed by atoms with Crippen LogP contribution in [0.25, 0.3) is 0 Å². The molecule has 0 unspecified atom stereocenters. The smallest absolute Gasteiger partial charge is 0.255 e. The maximum atomic E-state index is 12.3. The van der Waals surface area contributed by atoms with Crippen molar-refractivity contribution in [2.75, 3.05) is 13.4 Å². The molecular formula is C16H16ClNO2S. The molecule has 0 aliphatic heterocycles. The van der Waals surface area contributed by atoms with Gasteiger partial charge in [-0.2, -0.15) is 0 Å². The maximum Gasteiger partial charge on any atom is 0.255 e. The molecule has 0 fully saturated rings. The SMILES string of the molecule is COc1cc(SC)ccc1C(=O)NCc1ccccc1Cl. The molecule has 5 heteroatoms. The summed E-state index contributed by atoms with van der Waals surface area (Å²) in [6.07, 6.45) is 1.98. The standard InChI is InChI=1S/C16H16ClNO2S/c1-20-15-9-12(21-2)7-8-13(15)16(19)18-10-11-5-3-4-6-14(11)17/h3-9H,10H2,1-2H3,(H,18,19). The molecule has 110 valence electrons. The normalized spacial score (nSPS) is 10.2. The van der Waals surface area contributed by atoms with Gasteiger partial charge in [-0.3, -0.25) is 4.79 Å². The molecule has 1 N–H and O–H groups in total. The molecule has 0 saturated carbocycles. The molecule has 2 aromatic rings. The predicted octanol–water partition coefficient (Wildman–Crippen LogP) is 4.00. The second kappa shape index (κ2) is 7.38. The van der Waals surface area contributed by atoms with Crippen LogP contribution in [-0.4, -0.2) is 19.3 Å². The van der Waals surface area contributed by atoms with Crippen LogP contribution in [0, 0.1) is 0 Å². The largest absolute Gasteiger partial charge is 0.496 e. The number of hydrogen-bond donors (Lipinski definition) is 1. The highest BCUT2D eigenvalue weighted by Crippen LogP contribution is 2.25. The van der Waals surface area contributed by atoms with E-state index in [1.54, 1.807) is 31.0 Å². The van der Waals surface area contributed by atoms with E-state index >= 15 is 0 Å². The van der Waals surface area contributed by atoms with Crippen LogP contribution in [0.15, 0.2) is 47.4 Å². The summed E-state index contributed by atoms with van der Waals surface area (Å²) >= 11 is 7.67. The third kappa shape index (κ3) is 3.93. The quantitative estimate of drug-likeness (QED) is 0.846. The molecule has 0 radical (unpaired) electrons. The monoisotopic (exact) mass is 321 g/mol. The lowest BCUT2D eigenvalue weighted by Gasteiger charge is -2.11. The lowest BCUT2D eigenvalue weighted by Crippen LogP contribution is -2.23. The van der Waals surface area contributed by atoms with Gasteiger partial charge in [0.1, 0.15) is 5.75 Å². The number of carbonyl (C=O) groups excluding carboxylic acids is 1. The minimum atomic E-state index is -0.181. The summed E-state index contributed by atoms with van der Waals surface area (Å²) in [5.41, 5.74) is 1.40. The van der Waals surface area contributed by atoms with E-state index in [4.69, 9.17) is 16.3 Å². The Balaban J connectivity index is 2.12. The van der Waals surface area contributed by atoms with Crippen LogP contribution >= 0.6 is 23.4 Å². The van der Waals surface area contributed by atoms with Crippen LogP contribution in [0.3, 0.4) is 0 Å². The van der Waals surface area contributed by atoms with Gasteiger partial charge in [-0.05, 0) is 36.1 Å². The molecule has 2 rings (SSSR count). The fraction of sp³-hybridized carbons (Fsp3) is 0.188. The Bertz CT molecular complexity index is 646. The molecule has 21 heavy (non-hydrogen) atoms. The van der Waals surface area contributed by atoms with Crippen LogP contribution in [0.5, 0.6) is 5.75 Å². The third-order valence-corrected chi connectivity index (χ3v) is 4.14. The van der Waals surface area contributed by atoms with Gasteiger partial charge in [0.2, 0.25) is 0 Å².